The summed E-state index contributed by atoms with van der Waals surface area (Å²) in [5.41, 5.74) is 1.66. The standard InChI is InChI=1S/C20H21Cl2NO3/c1-25-13-8-9-14(19(11-13)26-2)18-7-4-10-23(18)20(24)12-15-16(21)5-3-6-17(15)22/h3,5-6,8-9,11,18H,4,7,10,12H2,1-2H3. The molecule has 4 nitrogen and oxygen atoms in total. The van der Waals surface area contributed by atoms with E-state index in [0.717, 1.165) is 29.9 Å². The predicted molar refractivity (Wildman–Crippen MR) is 103 cm³/mol. The van der Waals surface area contributed by atoms with Crippen molar-refractivity contribution in [3.8, 4) is 11.5 Å². The zero-order valence-corrected chi connectivity index (χ0v) is 16.3. The van der Waals surface area contributed by atoms with Crippen LogP contribution in [0.2, 0.25) is 10.0 Å². The van der Waals surface area contributed by atoms with Gasteiger partial charge in [-0.2, -0.15) is 0 Å². The van der Waals surface area contributed by atoms with Crippen molar-refractivity contribution in [2.45, 2.75) is 25.3 Å². The lowest BCUT2D eigenvalue weighted by atomic mass is 10.0. The highest BCUT2D eigenvalue weighted by Gasteiger charge is 2.32. The molecule has 1 aliphatic heterocycles. The number of halogens is 2. The highest BCUT2D eigenvalue weighted by Crippen LogP contribution is 2.39. The number of likely N-dealkylation sites (tertiary alicyclic amines) is 1. The Morgan fingerprint density at radius 2 is 1.88 bits per heavy atom. The quantitative estimate of drug-likeness (QED) is 0.723. The molecule has 0 saturated carbocycles. The highest BCUT2D eigenvalue weighted by molar-refractivity contribution is 6.36. The van der Waals surface area contributed by atoms with Crippen molar-refractivity contribution in [3.05, 3.63) is 57.6 Å². The van der Waals surface area contributed by atoms with Crippen LogP contribution in [0.3, 0.4) is 0 Å². The van der Waals surface area contributed by atoms with Crippen LogP contribution in [0.4, 0.5) is 0 Å². The normalized spacial score (nSPS) is 16.6. The van der Waals surface area contributed by atoms with Gasteiger partial charge in [0.05, 0.1) is 26.7 Å². The van der Waals surface area contributed by atoms with Gasteiger partial charge in [-0.3, -0.25) is 4.79 Å². The molecule has 138 valence electrons. The van der Waals surface area contributed by atoms with Crippen LogP contribution in [-0.4, -0.2) is 31.6 Å². The van der Waals surface area contributed by atoms with Crippen LogP contribution in [0.5, 0.6) is 11.5 Å². The zero-order chi connectivity index (χ0) is 18.7. The third kappa shape index (κ3) is 3.76. The van der Waals surface area contributed by atoms with Crippen molar-refractivity contribution in [3.63, 3.8) is 0 Å². The molecule has 0 aliphatic carbocycles. The van der Waals surface area contributed by atoms with E-state index in [-0.39, 0.29) is 18.4 Å². The molecule has 1 amide bonds. The van der Waals surface area contributed by atoms with Crippen molar-refractivity contribution >= 4 is 29.1 Å². The molecule has 1 heterocycles. The van der Waals surface area contributed by atoms with E-state index in [0.29, 0.717) is 22.2 Å². The van der Waals surface area contributed by atoms with Crippen molar-refractivity contribution in [2.75, 3.05) is 20.8 Å². The van der Waals surface area contributed by atoms with Gasteiger partial charge in [0.2, 0.25) is 5.91 Å². The molecular formula is C20H21Cl2NO3. The van der Waals surface area contributed by atoms with E-state index in [4.69, 9.17) is 32.7 Å². The lowest BCUT2D eigenvalue weighted by Gasteiger charge is -2.27. The first-order valence-electron chi connectivity index (χ1n) is 8.49. The number of carbonyl (C=O) groups is 1. The molecule has 0 N–H and O–H groups in total. The summed E-state index contributed by atoms with van der Waals surface area (Å²) in [6.07, 6.45) is 2.03. The Morgan fingerprint density at radius 1 is 1.15 bits per heavy atom. The largest absolute Gasteiger partial charge is 0.497 e. The second kappa shape index (κ2) is 8.19. The molecule has 1 saturated heterocycles. The Balaban J connectivity index is 1.85. The molecule has 1 aliphatic rings. The van der Waals surface area contributed by atoms with Crippen molar-refractivity contribution in [2.24, 2.45) is 0 Å². The fourth-order valence-electron chi connectivity index (χ4n) is 3.44. The van der Waals surface area contributed by atoms with Crippen LogP contribution in [0.15, 0.2) is 36.4 Å². The lowest BCUT2D eigenvalue weighted by molar-refractivity contribution is -0.131. The molecule has 0 spiro atoms. The zero-order valence-electron chi connectivity index (χ0n) is 14.8. The number of benzene rings is 2. The lowest BCUT2D eigenvalue weighted by Crippen LogP contribution is -2.32. The van der Waals surface area contributed by atoms with Gasteiger partial charge >= 0.3 is 0 Å². The number of rotatable bonds is 5. The van der Waals surface area contributed by atoms with Gasteiger partial charge < -0.3 is 14.4 Å². The van der Waals surface area contributed by atoms with E-state index in [1.54, 1.807) is 32.4 Å². The first-order valence-corrected chi connectivity index (χ1v) is 9.25. The predicted octanol–water partition coefficient (Wildman–Crippen LogP) is 4.92. The van der Waals surface area contributed by atoms with E-state index in [9.17, 15) is 4.79 Å². The Kier molecular flexibility index (Phi) is 5.94. The summed E-state index contributed by atoms with van der Waals surface area (Å²) >= 11 is 12.5. The summed E-state index contributed by atoms with van der Waals surface area (Å²) in [6.45, 7) is 0.709. The Labute approximate surface area is 163 Å². The van der Waals surface area contributed by atoms with Crippen molar-refractivity contribution in [1.29, 1.82) is 0 Å². The van der Waals surface area contributed by atoms with Crippen LogP contribution < -0.4 is 9.47 Å². The number of amides is 1. The first kappa shape index (κ1) is 18.9. The average molecular weight is 394 g/mol. The molecule has 1 unspecified atom stereocenters. The van der Waals surface area contributed by atoms with E-state index in [2.05, 4.69) is 0 Å². The Morgan fingerprint density at radius 3 is 2.54 bits per heavy atom. The van der Waals surface area contributed by atoms with Crippen LogP contribution in [0.25, 0.3) is 0 Å². The summed E-state index contributed by atoms with van der Waals surface area (Å²) in [6, 6.07) is 11.0. The topological polar surface area (TPSA) is 38.8 Å². The molecule has 2 aromatic rings. The van der Waals surface area contributed by atoms with E-state index < -0.39 is 0 Å². The molecule has 0 bridgehead atoms. The number of ether oxygens (including phenoxy) is 2. The number of carbonyl (C=O) groups excluding carboxylic acids is 1. The average Bonchev–Trinajstić information content (AvgIpc) is 3.13. The minimum atomic E-state index is -0.0235. The Bertz CT molecular complexity index is 789. The monoisotopic (exact) mass is 393 g/mol. The minimum Gasteiger partial charge on any atom is -0.497 e. The van der Waals surface area contributed by atoms with E-state index in [1.807, 2.05) is 23.1 Å². The molecule has 0 aromatic heterocycles. The first-order chi connectivity index (χ1) is 12.5. The van der Waals surface area contributed by atoms with E-state index in [1.165, 1.54) is 0 Å². The second-order valence-electron chi connectivity index (χ2n) is 6.23. The summed E-state index contributed by atoms with van der Waals surface area (Å²) in [7, 11) is 3.25. The molecule has 2 aromatic carbocycles. The maximum atomic E-state index is 13.0. The molecular weight excluding hydrogens is 373 g/mol. The summed E-state index contributed by atoms with van der Waals surface area (Å²) in [4.78, 5) is 14.9. The van der Waals surface area contributed by atoms with Gasteiger partial charge in [-0.15, -0.1) is 0 Å². The Hall–Kier alpha value is -1.91. The number of methoxy groups -OCH3 is 2. The van der Waals surface area contributed by atoms with Crippen molar-refractivity contribution in [1.82, 2.24) is 4.90 Å². The fraction of sp³-hybridized carbons (Fsp3) is 0.350. The molecule has 6 heteroatoms. The van der Waals surface area contributed by atoms with Crippen LogP contribution >= 0.6 is 23.2 Å². The van der Waals surface area contributed by atoms with Crippen molar-refractivity contribution < 1.29 is 14.3 Å². The third-order valence-corrected chi connectivity index (χ3v) is 5.47. The smallest absolute Gasteiger partial charge is 0.227 e. The third-order valence-electron chi connectivity index (χ3n) is 4.76. The summed E-state index contributed by atoms with van der Waals surface area (Å²) < 4.78 is 10.8. The molecule has 3 rings (SSSR count). The SMILES string of the molecule is COc1ccc(C2CCCN2C(=O)Cc2c(Cl)cccc2Cl)c(OC)c1. The van der Waals surface area contributed by atoms with Gasteiger partial charge in [0.15, 0.2) is 0 Å². The maximum Gasteiger partial charge on any atom is 0.227 e. The number of hydrogen-bond acceptors (Lipinski definition) is 3. The fourth-order valence-corrected chi connectivity index (χ4v) is 3.97. The van der Waals surface area contributed by atoms with Gasteiger partial charge in [-0.1, -0.05) is 29.3 Å². The number of hydrogen-bond donors (Lipinski definition) is 0. The van der Waals surface area contributed by atoms with Crippen LogP contribution in [0, 0.1) is 0 Å². The van der Waals surface area contributed by atoms with Gasteiger partial charge in [0.1, 0.15) is 11.5 Å². The minimum absolute atomic E-state index is 0.0142. The summed E-state index contributed by atoms with van der Waals surface area (Å²) in [5.74, 6) is 1.47. The molecule has 1 atom stereocenters. The van der Waals surface area contributed by atoms with Gasteiger partial charge in [-0.05, 0) is 42.7 Å². The highest BCUT2D eigenvalue weighted by atomic mass is 35.5. The molecule has 1 fully saturated rings. The summed E-state index contributed by atoms with van der Waals surface area (Å²) in [5, 5.41) is 1.03. The van der Waals surface area contributed by atoms with Crippen LogP contribution in [0.1, 0.15) is 30.0 Å². The van der Waals surface area contributed by atoms with Gasteiger partial charge in [0, 0.05) is 28.2 Å². The van der Waals surface area contributed by atoms with Crippen LogP contribution in [-0.2, 0) is 11.2 Å². The molecule has 26 heavy (non-hydrogen) atoms. The van der Waals surface area contributed by atoms with Gasteiger partial charge in [0.25, 0.3) is 0 Å². The second-order valence-corrected chi connectivity index (χ2v) is 7.04. The maximum absolute atomic E-state index is 13.0. The molecule has 0 radical (unpaired) electrons. The van der Waals surface area contributed by atoms with Gasteiger partial charge in [-0.25, -0.2) is 0 Å². The number of nitrogens with zero attached hydrogens (tertiary/aromatic N) is 1. The van der Waals surface area contributed by atoms with E-state index >= 15 is 0 Å².